The normalized spacial score (nSPS) is 19.9. The van der Waals surface area contributed by atoms with E-state index in [0.717, 1.165) is 32.6 Å². The first-order valence-corrected chi connectivity index (χ1v) is 6.03. The van der Waals surface area contributed by atoms with E-state index in [1.54, 1.807) is 0 Å². The third-order valence-electron chi connectivity index (χ3n) is 2.71. The highest BCUT2D eigenvalue weighted by Crippen LogP contribution is 2.15. The summed E-state index contributed by atoms with van der Waals surface area (Å²) in [5.41, 5.74) is 5.86. The van der Waals surface area contributed by atoms with Crippen LogP contribution in [0.2, 0.25) is 0 Å². The van der Waals surface area contributed by atoms with E-state index in [1.807, 2.05) is 7.05 Å². The predicted octanol–water partition coefficient (Wildman–Crippen LogP) is 1.46. The number of aliphatic imine (C=N–C) groups is 1. The molecule has 0 saturated carbocycles. The van der Waals surface area contributed by atoms with Crippen LogP contribution in [0.3, 0.4) is 0 Å². The van der Waals surface area contributed by atoms with Gasteiger partial charge in [-0.25, -0.2) is 4.99 Å². The minimum atomic E-state index is -0.103. The summed E-state index contributed by atoms with van der Waals surface area (Å²) in [6, 6.07) is 0. The predicted molar refractivity (Wildman–Crippen MR) is 67.5 cm³/mol. The Balaban J connectivity index is 2.44. The van der Waals surface area contributed by atoms with Crippen molar-refractivity contribution in [3.05, 3.63) is 0 Å². The maximum Gasteiger partial charge on any atom is 0.191 e. The van der Waals surface area contributed by atoms with Crippen LogP contribution in [0.5, 0.6) is 0 Å². The van der Waals surface area contributed by atoms with Crippen LogP contribution in [0.1, 0.15) is 33.6 Å². The fourth-order valence-electron chi connectivity index (χ4n) is 1.84. The van der Waals surface area contributed by atoms with Gasteiger partial charge in [-0.1, -0.05) is 0 Å². The molecule has 16 heavy (non-hydrogen) atoms. The molecule has 1 aliphatic rings. The fourth-order valence-corrected chi connectivity index (χ4v) is 1.84. The van der Waals surface area contributed by atoms with Gasteiger partial charge in [0.25, 0.3) is 0 Å². The van der Waals surface area contributed by atoms with Crippen molar-refractivity contribution >= 4 is 5.96 Å². The van der Waals surface area contributed by atoms with Crippen LogP contribution in [0.4, 0.5) is 0 Å². The molecule has 0 amide bonds. The van der Waals surface area contributed by atoms with Crippen LogP contribution in [-0.4, -0.2) is 43.2 Å². The van der Waals surface area contributed by atoms with Gasteiger partial charge in [0, 0.05) is 26.8 Å². The first-order chi connectivity index (χ1) is 7.38. The van der Waals surface area contributed by atoms with Crippen LogP contribution < -0.4 is 5.73 Å². The number of guanidine groups is 1. The van der Waals surface area contributed by atoms with Gasteiger partial charge in [0.05, 0.1) is 5.54 Å². The average Bonchev–Trinajstić information content (AvgIpc) is 2.16. The largest absolute Gasteiger partial charge is 0.381 e. The number of hydrogen-bond acceptors (Lipinski definition) is 2. The Hall–Kier alpha value is -0.770. The van der Waals surface area contributed by atoms with Crippen molar-refractivity contribution in [3.63, 3.8) is 0 Å². The molecular formula is C12H25N3O. The standard InChI is InChI=1S/C12H25N3O/c1-12(2,3)14-11(13)15(4)9-10-5-7-16-8-6-10/h10H,5-9H2,1-4H3,(H2,13,14). The second-order valence-electron chi connectivity index (χ2n) is 5.58. The zero-order chi connectivity index (χ0) is 12.2. The summed E-state index contributed by atoms with van der Waals surface area (Å²) in [6.07, 6.45) is 2.26. The van der Waals surface area contributed by atoms with Crippen molar-refractivity contribution in [2.24, 2.45) is 16.6 Å². The van der Waals surface area contributed by atoms with Crippen molar-refractivity contribution in [1.82, 2.24) is 4.90 Å². The van der Waals surface area contributed by atoms with E-state index in [1.165, 1.54) is 0 Å². The van der Waals surface area contributed by atoms with E-state index in [2.05, 4.69) is 30.7 Å². The molecule has 0 aromatic heterocycles. The summed E-state index contributed by atoms with van der Waals surface area (Å²) in [5.74, 6) is 1.33. The molecule has 0 aromatic carbocycles. The van der Waals surface area contributed by atoms with E-state index >= 15 is 0 Å². The quantitative estimate of drug-likeness (QED) is 0.574. The van der Waals surface area contributed by atoms with Crippen LogP contribution in [0, 0.1) is 5.92 Å². The fraction of sp³-hybridized carbons (Fsp3) is 0.917. The van der Waals surface area contributed by atoms with Gasteiger partial charge in [-0.05, 0) is 39.5 Å². The van der Waals surface area contributed by atoms with Crippen molar-refractivity contribution in [2.75, 3.05) is 26.8 Å². The minimum Gasteiger partial charge on any atom is -0.381 e. The summed E-state index contributed by atoms with van der Waals surface area (Å²) >= 11 is 0. The van der Waals surface area contributed by atoms with Crippen LogP contribution in [-0.2, 0) is 4.74 Å². The molecule has 4 heteroatoms. The molecule has 1 aliphatic heterocycles. The molecule has 1 rings (SSSR count). The van der Waals surface area contributed by atoms with Crippen LogP contribution in [0.15, 0.2) is 4.99 Å². The molecule has 0 aromatic rings. The molecule has 1 fully saturated rings. The highest BCUT2D eigenvalue weighted by Gasteiger charge is 2.17. The zero-order valence-electron chi connectivity index (χ0n) is 11.0. The minimum absolute atomic E-state index is 0.103. The average molecular weight is 227 g/mol. The lowest BCUT2D eigenvalue weighted by Crippen LogP contribution is -2.40. The van der Waals surface area contributed by atoms with Crippen LogP contribution in [0.25, 0.3) is 0 Å². The van der Waals surface area contributed by atoms with Crippen LogP contribution >= 0.6 is 0 Å². The van der Waals surface area contributed by atoms with E-state index < -0.39 is 0 Å². The van der Waals surface area contributed by atoms with E-state index in [-0.39, 0.29) is 5.54 Å². The maximum atomic E-state index is 5.97. The summed E-state index contributed by atoms with van der Waals surface area (Å²) in [5, 5.41) is 0. The number of ether oxygens (including phenoxy) is 1. The van der Waals surface area contributed by atoms with Crippen molar-refractivity contribution in [1.29, 1.82) is 0 Å². The zero-order valence-corrected chi connectivity index (χ0v) is 11.0. The lowest BCUT2D eigenvalue weighted by molar-refractivity contribution is 0.0611. The first-order valence-electron chi connectivity index (χ1n) is 6.03. The smallest absolute Gasteiger partial charge is 0.191 e. The molecule has 0 atom stereocenters. The molecule has 0 radical (unpaired) electrons. The Kier molecular flexibility index (Phi) is 4.59. The molecule has 0 unspecified atom stereocenters. The van der Waals surface area contributed by atoms with Gasteiger partial charge >= 0.3 is 0 Å². The number of nitrogens with zero attached hydrogens (tertiary/aromatic N) is 2. The highest BCUT2D eigenvalue weighted by molar-refractivity contribution is 5.78. The van der Waals surface area contributed by atoms with Crippen molar-refractivity contribution < 1.29 is 4.74 Å². The number of hydrogen-bond donors (Lipinski definition) is 1. The Labute approximate surface area is 98.9 Å². The topological polar surface area (TPSA) is 50.9 Å². The Morgan fingerprint density at radius 3 is 2.44 bits per heavy atom. The monoisotopic (exact) mass is 227 g/mol. The lowest BCUT2D eigenvalue weighted by Gasteiger charge is -2.28. The van der Waals surface area contributed by atoms with E-state index in [4.69, 9.17) is 10.5 Å². The molecule has 0 spiro atoms. The second-order valence-corrected chi connectivity index (χ2v) is 5.58. The van der Waals surface area contributed by atoms with Gasteiger partial charge in [-0.15, -0.1) is 0 Å². The Morgan fingerprint density at radius 1 is 1.38 bits per heavy atom. The summed E-state index contributed by atoms with van der Waals surface area (Å²) in [6.45, 7) is 8.92. The lowest BCUT2D eigenvalue weighted by atomic mass is 10.00. The molecular weight excluding hydrogens is 202 g/mol. The van der Waals surface area contributed by atoms with E-state index in [9.17, 15) is 0 Å². The second kappa shape index (κ2) is 5.53. The molecule has 1 heterocycles. The van der Waals surface area contributed by atoms with Crippen molar-refractivity contribution in [3.8, 4) is 0 Å². The van der Waals surface area contributed by atoms with Gasteiger partial charge in [-0.3, -0.25) is 0 Å². The molecule has 94 valence electrons. The molecule has 4 nitrogen and oxygen atoms in total. The van der Waals surface area contributed by atoms with E-state index in [0.29, 0.717) is 11.9 Å². The Morgan fingerprint density at radius 2 is 1.94 bits per heavy atom. The van der Waals surface area contributed by atoms with Gasteiger partial charge in [-0.2, -0.15) is 0 Å². The first kappa shape index (κ1) is 13.3. The number of nitrogens with two attached hydrogens (primary N) is 1. The summed E-state index contributed by atoms with van der Waals surface area (Å²) in [7, 11) is 2.01. The maximum absolute atomic E-state index is 5.97. The number of rotatable bonds is 2. The molecule has 2 N–H and O–H groups in total. The Bertz CT molecular complexity index is 239. The van der Waals surface area contributed by atoms with Gasteiger partial charge < -0.3 is 15.4 Å². The van der Waals surface area contributed by atoms with Gasteiger partial charge in [0.2, 0.25) is 0 Å². The van der Waals surface area contributed by atoms with Gasteiger partial charge in [0.15, 0.2) is 5.96 Å². The SMILES string of the molecule is CN(CC1CCOCC1)C(N)=NC(C)(C)C. The molecule has 0 bridgehead atoms. The third kappa shape index (κ3) is 4.84. The summed E-state index contributed by atoms with van der Waals surface area (Å²) in [4.78, 5) is 6.52. The van der Waals surface area contributed by atoms with Crippen molar-refractivity contribution in [2.45, 2.75) is 39.2 Å². The summed E-state index contributed by atoms with van der Waals surface area (Å²) < 4.78 is 5.34. The third-order valence-corrected chi connectivity index (χ3v) is 2.71. The molecule has 1 saturated heterocycles. The van der Waals surface area contributed by atoms with Gasteiger partial charge in [0.1, 0.15) is 0 Å². The highest BCUT2D eigenvalue weighted by atomic mass is 16.5. The molecule has 0 aliphatic carbocycles.